The fourth-order valence-electron chi connectivity index (χ4n) is 10.4. The molecule has 7 heterocycles. The van der Waals surface area contributed by atoms with E-state index < -0.39 is 5.66 Å². The molecule has 0 fully saturated rings. The van der Waals surface area contributed by atoms with Crippen molar-refractivity contribution in [3.63, 3.8) is 0 Å². The van der Waals surface area contributed by atoms with Crippen molar-refractivity contribution in [1.82, 2.24) is 13.8 Å². The van der Waals surface area contributed by atoms with E-state index in [0.717, 1.165) is 0 Å². The second kappa shape index (κ2) is 8.21. The molecule has 1 unspecified atom stereocenters. The Morgan fingerprint density at radius 1 is 0.540 bits per heavy atom. The van der Waals surface area contributed by atoms with Gasteiger partial charge in [-0.1, -0.05) is 77.5 Å². The van der Waals surface area contributed by atoms with Gasteiger partial charge in [-0.05, 0) is 77.9 Å². The van der Waals surface area contributed by atoms with E-state index in [2.05, 4.69) is 177 Å². The zero-order chi connectivity index (χ0) is 32.6. The molecule has 0 saturated heterocycles. The van der Waals surface area contributed by atoms with E-state index in [4.69, 9.17) is 0 Å². The normalized spacial score (nSPS) is 16.3. The summed E-state index contributed by atoms with van der Waals surface area (Å²) >= 11 is 0. The molecule has 0 aliphatic carbocycles. The van der Waals surface area contributed by atoms with E-state index >= 15 is 0 Å². The number of nitrogens with zero attached hydrogens (tertiary/aromatic N) is 5. The Kier molecular flexibility index (Phi) is 4.20. The maximum atomic E-state index is 2.64. The molecular formula is C45H29N5+2. The predicted molar refractivity (Wildman–Crippen MR) is 199 cm³/mol. The summed E-state index contributed by atoms with van der Waals surface area (Å²) in [7, 11) is 0. The van der Waals surface area contributed by atoms with Crippen LogP contribution in [0.2, 0.25) is 0 Å². The Balaban J connectivity index is 1.31. The van der Waals surface area contributed by atoms with Crippen molar-refractivity contribution in [1.29, 1.82) is 0 Å². The third kappa shape index (κ3) is 2.52. The summed E-state index contributed by atoms with van der Waals surface area (Å²) in [6, 6.07) is 49.7. The van der Waals surface area contributed by atoms with Gasteiger partial charge in [-0.25, -0.2) is 0 Å². The lowest BCUT2D eigenvalue weighted by Crippen LogP contribution is -2.77. The molecule has 50 heavy (non-hydrogen) atoms. The molecule has 13 rings (SSSR count). The fourth-order valence-corrected chi connectivity index (χ4v) is 10.4. The molecule has 0 bridgehead atoms. The van der Waals surface area contributed by atoms with Gasteiger partial charge in [-0.2, -0.15) is 9.13 Å². The lowest BCUT2D eigenvalue weighted by molar-refractivity contribution is -0.995. The summed E-state index contributed by atoms with van der Waals surface area (Å²) < 4.78 is 12.8. The highest BCUT2D eigenvalue weighted by Gasteiger charge is 2.69. The highest BCUT2D eigenvalue weighted by atomic mass is 15.5. The average molecular weight is 640 g/mol. The van der Waals surface area contributed by atoms with Crippen molar-refractivity contribution in [2.75, 3.05) is 0 Å². The lowest BCUT2D eigenvalue weighted by atomic mass is 9.82. The first-order chi connectivity index (χ1) is 24.7. The van der Waals surface area contributed by atoms with Crippen LogP contribution in [0.4, 0.5) is 0 Å². The van der Waals surface area contributed by atoms with E-state index in [-0.39, 0.29) is 0 Å². The maximum Gasteiger partial charge on any atom is 0.394 e. The van der Waals surface area contributed by atoms with Crippen LogP contribution in [0.25, 0.3) is 82.7 Å². The number of rotatable bonds is 1. The van der Waals surface area contributed by atoms with Gasteiger partial charge in [0.05, 0.1) is 34.2 Å². The van der Waals surface area contributed by atoms with Crippen molar-refractivity contribution in [2.45, 2.75) is 19.5 Å². The molecule has 0 saturated carbocycles. The van der Waals surface area contributed by atoms with Crippen LogP contribution in [0.3, 0.4) is 0 Å². The van der Waals surface area contributed by atoms with Crippen molar-refractivity contribution >= 4 is 54.4 Å². The Bertz CT molecular complexity index is 3240. The SMILES string of the molecule is Cc1c(-c2ccc3ccccc3c2)c(C)[n+]2n1-c1ccc3c4ccccc4n4c3c1C21c2c-4ccc3c4ccccc4n(c23)-c2cccc[n+]21. The number of hydrogen-bond donors (Lipinski definition) is 0. The van der Waals surface area contributed by atoms with Crippen molar-refractivity contribution < 1.29 is 9.25 Å². The van der Waals surface area contributed by atoms with Gasteiger partial charge < -0.3 is 4.57 Å². The number of pyridine rings is 1. The van der Waals surface area contributed by atoms with E-state index in [0.29, 0.717) is 0 Å². The van der Waals surface area contributed by atoms with Crippen LogP contribution in [0, 0.1) is 13.8 Å². The molecule has 1 atom stereocenters. The summed E-state index contributed by atoms with van der Waals surface area (Å²) in [6.07, 6.45) is 2.32. The minimum absolute atomic E-state index is 0.668. The third-order valence-electron chi connectivity index (χ3n) is 12.1. The largest absolute Gasteiger partial charge is 0.394 e. The van der Waals surface area contributed by atoms with Crippen LogP contribution >= 0.6 is 0 Å². The summed E-state index contributed by atoms with van der Waals surface area (Å²) in [5.74, 6) is 1.17. The molecule has 232 valence electrons. The van der Waals surface area contributed by atoms with Gasteiger partial charge in [0.25, 0.3) is 5.82 Å². The Labute approximate surface area is 286 Å². The van der Waals surface area contributed by atoms with Crippen molar-refractivity contribution in [3.8, 4) is 28.3 Å². The summed E-state index contributed by atoms with van der Waals surface area (Å²) in [5.41, 5.74) is 14.6. The topological polar surface area (TPSA) is 22.5 Å². The minimum Gasteiger partial charge on any atom is -0.307 e. The Hall–Kier alpha value is -6.46. The van der Waals surface area contributed by atoms with Crippen LogP contribution in [0.1, 0.15) is 22.5 Å². The molecule has 0 N–H and O–H groups in total. The van der Waals surface area contributed by atoms with Crippen molar-refractivity contribution in [2.24, 2.45) is 0 Å². The first-order valence-electron chi connectivity index (χ1n) is 17.5. The fraction of sp³-hybridized carbons (Fsp3) is 0.0667. The number of hydrogen-bond acceptors (Lipinski definition) is 0. The summed E-state index contributed by atoms with van der Waals surface area (Å²) in [5, 5.41) is 7.68. The number of fused-ring (bicyclic) bond motifs is 12. The average Bonchev–Trinajstić information content (AvgIpc) is 3.86. The molecular weight excluding hydrogens is 611 g/mol. The van der Waals surface area contributed by atoms with Gasteiger partial charge in [-0.3, -0.25) is 0 Å². The minimum atomic E-state index is -0.668. The van der Waals surface area contributed by atoms with Crippen LogP contribution in [0.5, 0.6) is 0 Å². The predicted octanol–water partition coefficient (Wildman–Crippen LogP) is 8.92. The highest BCUT2D eigenvalue weighted by Crippen LogP contribution is 2.55. The monoisotopic (exact) mass is 639 g/mol. The molecule has 4 aromatic heterocycles. The first kappa shape index (κ1) is 25.5. The van der Waals surface area contributed by atoms with Crippen LogP contribution in [-0.4, -0.2) is 13.8 Å². The molecule has 0 amide bonds. The quantitative estimate of drug-likeness (QED) is 0.160. The van der Waals surface area contributed by atoms with Crippen molar-refractivity contribution in [3.05, 3.63) is 162 Å². The summed E-state index contributed by atoms with van der Waals surface area (Å²) in [4.78, 5) is 0. The second-order valence-corrected chi connectivity index (χ2v) is 14.2. The van der Waals surface area contributed by atoms with E-state index in [1.807, 2.05) is 0 Å². The van der Waals surface area contributed by atoms with E-state index in [1.54, 1.807) is 0 Å². The van der Waals surface area contributed by atoms with E-state index in [1.165, 1.54) is 105 Å². The van der Waals surface area contributed by atoms with Gasteiger partial charge >= 0.3 is 5.66 Å². The van der Waals surface area contributed by atoms with Crippen LogP contribution in [0.15, 0.2) is 140 Å². The number of para-hydroxylation sites is 2. The lowest BCUT2D eigenvalue weighted by Gasteiger charge is -2.33. The molecule has 5 heteroatoms. The third-order valence-corrected chi connectivity index (χ3v) is 12.1. The number of benzene rings is 6. The Morgan fingerprint density at radius 2 is 1.18 bits per heavy atom. The molecule has 1 spiro atoms. The number of aromatic nitrogens is 5. The van der Waals surface area contributed by atoms with E-state index in [9.17, 15) is 0 Å². The molecule has 5 nitrogen and oxygen atoms in total. The van der Waals surface area contributed by atoms with Gasteiger partial charge in [0, 0.05) is 34.5 Å². The zero-order valence-corrected chi connectivity index (χ0v) is 27.5. The molecule has 10 aromatic rings. The standard InChI is InChI=1S/C45H29N5/c1-26-40(30-19-18-28-11-3-4-12-29(28)25-30)27(2)50-45-41-37(47-35-15-7-5-13-31(35)33-21-23-38(49(26)50)42(45)43(33)47)22-20-34-32-14-6-8-16-36(32)48(44(34)41)39-17-9-10-24-46(39)45/h3-25H,1-2H3/q+2. The molecule has 6 aromatic carbocycles. The van der Waals surface area contributed by atoms with Gasteiger partial charge in [0.15, 0.2) is 5.52 Å². The second-order valence-electron chi connectivity index (χ2n) is 14.2. The smallest absolute Gasteiger partial charge is 0.307 e. The Morgan fingerprint density at radius 3 is 1.98 bits per heavy atom. The van der Waals surface area contributed by atoms with Gasteiger partial charge in [0.1, 0.15) is 22.3 Å². The molecule has 3 aliphatic heterocycles. The first-order valence-corrected chi connectivity index (χ1v) is 17.5. The zero-order valence-electron chi connectivity index (χ0n) is 27.5. The van der Waals surface area contributed by atoms with Gasteiger partial charge in [0.2, 0.25) is 5.69 Å². The summed E-state index contributed by atoms with van der Waals surface area (Å²) in [6.45, 7) is 4.65. The molecule has 3 aliphatic rings. The van der Waals surface area contributed by atoms with Gasteiger partial charge in [-0.15, -0.1) is 4.68 Å². The van der Waals surface area contributed by atoms with Crippen LogP contribution < -0.4 is 9.25 Å². The maximum absolute atomic E-state index is 2.64. The molecule has 0 radical (unpaired) electrons. The van der Waals surface area contributed by atoms with Crippen LogP contribution in [-0.2, 0) is 5.66 Å². The highest BCUT2D eigenvalue weighted by molar-refractivity contribution is 6.16.